The molecule has 0 fully saturated rings. The summed E-state index contributed by atoms with van der Waals surface area (Å²) in [6.45, 7) is 1.56. The van der Waals surface area contributed by atoms with Crippen molar-refractivity contribution in [2.24, 2.45) is 0 Å². The molecule has 0 aliphatic carbocycles. The normalized spacial score (nSPS) is 10.2. The average Bonchev–Trinajstić information content (AvgIpc) is 2.51. The number of hydrogen-bond donors (Lipinski definition) is 2. The molecule has 0 saturated heterocycles. The first-order valence-corrected chi connectivity index (χ1v) is 7.26. The Morgan fingerprint density at radius 3 is 2.38 bits per heavy atom. The fraction of sp³-hybridized carbons (Fsp3) is 0.500. The quantitative estimate of drug-likeness (QED) is 0.509. The van der Waals surface area contributed by atoms with Gasteiger partial charge in [-0.15, -0.1) is 0 Å². The molecule has 0 aromatic heterocycles. The monoisotopic (exact) mass is 292 g/mol. The summed E-state index contributed by atoms with van der Waals surface area (Å²) in [6.07, 6.45) is 2.26. The van der Waals surface area contributed by atoms with Gasteiger partial charge in [0.2, 0.25) is 5.91 Å². The zero-order valence-corrected chi connectivity index (χ0v) is 12.8. The molecule has 1 aromatic rings. The Morgan fingerprint density at radius 1 is 1.05 bits per heavy atom. The van der Waals surface area contributed by atoms with E-state index in [1.807, 2.05) is 7.05 Å². The predicted molar refractivity (Wildman–Crippen MR) is 82.7 cm³/mol. The molecule has 0 atom stereocenters. The molecular formula is C16H24N2O3. The topological polar surface area (TPSA) is 67.4 Å². The zero-order chi connectivity index (χ0) is 15.5. The third-order valence-corrected chi connectivity index (χ3v) is 3.15. The maximum absolute atomic E-state index is 11.9. The van der Waals surface area contributed by atoms with Gasteiger partial charge in [-0.25, -0.2) is 0 Å². The van der Waals surface area contributed by atoms with Crippen molar-refractivity contribution < 1.29 is 14.3 Å². The van der Waals surface area contributed by atoms with Gasteiger partial charge in [0.15, 0.2) is 5.78 Å². The van der Waals surface area contributed by atoms with Crippen molar-refractivity contribution in [3.63, 3.8) is 0 Å². The molecular weight excluding hydrogens is 268 g/mol. The van der Waals surface area contributed by atoms with Crippen LogP contribution in [0, 0.1) is 0 Å². The minimum atomic E-state index is 0.00799. The first-order chi connectivity index (χ1) is 10.2. The Kier molecular flexibility index (Phi) is 8.12. The van der Waals surface area contributed by atoms with E-state index >= 15 is 0 Å². The van der Waals surface area contributed by atoms with E-state index < -0.39 is 0 Å². The van der Waals surface area contributed by atoms with Crippen LogP contribution < -0.4 is 15.4 Å². The fourth-order valence-electron chi connectivity index (χ4n) is 1.91. The van der Waals surface area contributed by atoms with Gasteiger partial charge < -0.3 is 15.4 Å². The van der Waals surface area contributed by atoms with Crippen LogP contribution in [0.1, 0.15) is 36.0 Å². The lowest BCUT2D eigenvalue weighted by Gasteiger charge is -2.05. The largest absolute Gasteiger partial charge is 0.497 e. The summed E-state index contributed by atoms with van der Waals surface area (Å²) >= 11 is 0. The molecule has 0 heterocycles. The van der Waals surface area contributed by atoms with E-state index in [4.69, 9.17) is 4.74 Å². The molecule has 0 saturated carbocycles. The summed E-state index contributed by atoms with van der Waals surface area (Å²) in [4.78, 5) is 23.5. The number of hydrogen-bond acceptors (Lipinski definition) is 4. The first kappa shape index (κ1) is 17.2. The minimum Gasteiger partial charge on any atom is -0.497 e. The molecule has 0 bridgehead atoms. The van der Waals surface area contributed by atoms with Crippen LogP contribution in [0.25, 0.3) is 0 Å². The number of amides is 1. The van der Waals surface area contributed by atoms with Crippen molar-refractivity contribution in [1.82, 2.24) is 10.6 Å². The number of ether oxygens (including phenoxy) is 1. The van der Waals surface area contributed by atoms with E-state index in [9.17, 15) is 9.59 Å². The molecule has 5 heteroatoms. The van der Waals surface area contributed by atoms with Gasteiger partial charge in [0.05, 0.1) is 7.11 Å². The van der Waals surface area contributed by atoms with Crippen LogP contribution >= 0.6 is 0 Å². The second kappa shape index (κ2) is 9.94. The van der Waals surface area contributed by atoms with Crippen molar-refractivity contribution in [2.75, 3.05) is 27.2 Å². The molecule has 0 radical (unpaired) electrons. The van der Waals surface area contributed by atoms with Crippen molar-refractivity contribution in [3.8, 4) is 5.75 Å². The molecule has 0 aliphatic heterocycles. The van der Waals surface area contributed by atoms with Gasteiger partial charge in [-0.3, -0.25) is 9.59 Å². The van der Waals surface area contributed by atoms with Crippen molar-refractivity contribution in [2.45, 2.75) is 25.7 Å². The Balaban J connectivity index is 2.21. The Morgan fingerprint density at radius 2 is 1.76 bits per heavy atom. The van der Waals surface area contributed by atoms with Gasteiger partial charge in [0.25, 0.3) is 0 Å². The highest BCUT2D eigenvalue weighted by molar-refractivity contribution is 5.96. The maximum atomic E-state index is 11.9. The Hall–Kier alpha value is -1.88. The van der Waals surface area contributed by atoms with E-state index in [0.717, 1.165) is 18.7 Å². The zero-order valence-electron chi connectivity index (χ0n) is 12.8. The molecule has 21 heavy (non-hydrogen) atoms. The summed E-state index contributed by atoms with van der Waals surface area (Å²) in [5.41, 5.74) is 0.658. The minimum absolute atomic E-state index is 0.00799. The molecule has 116 valence electrons. The third kappa shape index (κ3) is 6.90. The molecule has 5 nitrogen and oxygen atoms in total. The second-order valence-electron chi connectivity index (χ2n) is 4.81. The van der Waals surface area contributed by atoms with Crippen molar-refractivity contribution >= 4 is 11.7 Å². The predicted octanol–water partition coefficient (Wildman–Crippen LogP) is 1.77. The van der Waals surface area contributed by atoms with Crippen LogP contribution in [-0.2, 0) is 4.79 Å². The van der Waals surface area contributed by atoms with Crippen LogP contribution in [0.3, 0.4) is 0 Å². The summed E-state index contributed by atoms with van der Waals surface area (Å²) in [7, 11) is 3.47. The SMILES string of the molecule is CNCCCNC(=O)CCCC(=O)c1ccc(OC)cc1. The maximum Gasteiger partial charge on any atom is 0.220 e. The summed E-state index contributed by atoms with van der Waals surface area (Å²) < 4.78 is 5.05. The van der Waals surface area contributed by atoms with Crippen LogP contribution in [0.15, 0.2) is 24.3 Å². The number of carbonyl (C=O) groups excluding carboxylic acids is 2. The highest BCUT2D eigenvalue weighted by Crippen LogP contribution is 2.13. The summed E-state index contributed by atoms with van der Waals surface area (Å²) in [5, 5.41) is 5.86. The molecule has 0 spiro atoms. The van der Waals surface area contributed by atoms with Gasteiger partial charge in [-0.1, -0.05) is 0 Å². The molecule has 1 amide bonds. The van der Waals surface area contributed by atoms with Gasteiger partial charge in [-0.05, 0) is 50.7 Å². The molecule has 0 unspecified atom stereocenters. The highest BCUT2D eigenvalue weighted by Gasteiger charge is 2.07. The van der Waals surface area contributed by atoms with E-state index in [1.165, 1.54) is 0 Å². The van der Waals surface area contributed by atoms with Gasteiger partial charge >= 0.3 is 0 Å². The van der Waals surface area contributed by atoms with Crippen LogP contribution in [0.5, 0.6) is 5.75 Å². The highest BCUT2D eigenvalue weighted by atomic mass is 16.5. The van der Waals surface area contributed by atoms with Crippen LogP contribution in [0.2, 0.25) is 0 Å². The summed E-state index contributed by atoms with van der Waals surface area (Å²) in [5.74, 6) is 0.793. The number of rotatable bonds is 10. The standard InChI is InChI=1S/C16H24N2O3/c1-17-11-4-12-18-16(20)6-3-5-15(19)13-7-9-14(21-2)10-8-13/h7-10,17H,3-6,11-12H2,1-2H3,(H,18,20). The lowest BCUT2D eigenvalue weighted by atomic mass is 10.1. The molecule has 0 aliphatic rings. The number of Topliss-reactive ketones (excluding diaryl/α,β-unsaturated/α-hetero) is 1. The number of ketones is 1. The van der Waals surface area contributed by atoms with Crippen molar-refractivity contribution in [3.05, 3.63) is 29.8 Å². The van der Waals surface area contributed by atoms with Crippen LogP contribution in [-0.4, -0.2) is 38.9 Å². The Bertz CT molecular complexity index is 443. The fourth-order valence-corrected chi connectivity index (χ4v) is 1.91. The second-order valence-corrected chi connectivity index (χ2v) is 4.81. The molecule has 2 N–H and O–H groups in total. The number of nitrogens with one attached hydrogen (secondary N) is 2. The van der Waals surface area contributed by atoms with Gasteiger partial charge in [0, 0.05) is 24.9 Å². The number of methoxy groups -OCH3 is 1. The Labute approximate surface area is 126 Å². The van der Waals surface area contributed by atoms with Crippen LogP contribution in [0.4, 0.5) is 0 Å². The number of benzene rings is 1. The lowest BCUT2D eigenvalue weighted by Crippen LogP contribution is -2.26. The first-order valence-electron chi connectivity index (χ1n) is 7.26. The van der Waals surface area contributed by atoms with Gasteiger partial charge in [-0.2, -0.15) is 0 Å². The lowest BCUT2D eigenvalue weighted by molar-refractivity contribution is -0.121. The van der Waals surface area contributed by atoms with E-state index in [-0.39, 0.29) is 11.7 Å². The number of carbonyl (C=O) groups is 2. The average molecular weight is 292 g/mol. The molecule has 1 rings (SSSR count). The third-order valence-electron chi connectivity index (χ3n) is 3.15. The summed E-state index contributed by atoms with van der Waals surface area (Å²) in [6, 6.07) is 7.03. The van der Waals surface area contributed by atoms with E-state index in [2.05, 4.69) is 10.6 Å². The van der Waals surface area contributed by atoms with E-state index in [1.54, 1.807) is 31.4 Å². The molecule has 1 aromatic carbocycles. The van der Waals surface area contributed by atoms with Gasteiger partial charge in [0.1, 0.15) is 5.75 Å². The van der Waals surface area contributed by atoms with Crippen molar-refractivity contribution in [1.29, 1.82) is 0 Å². The smallest absolute Gasteiger partial charge is 0.220 e. The van der Waals surface area contributed by atoms with E-state index in [0.29, 0.717) is 31.4 Å².